The normalized spacial score (nSPS) is 12.2. The molecule has 0 bridgehead atoms. The van der Waals surface area contributed by atoms with E-state index in [1.54, 1.807) is 4.68 Å². The molecular weight excluding hydrogens is 374 g/mol. The van der Waals surface area contributed by atoms with E-state index in [2.05, 4.69) is 29.4 Å². The van der Waals surface area contributed by atoms with Gasteiger partial charge in [0, 0.05) is 24.1 Å². The third-order valence-electron chi connectivity index (χ3n) is 5.27. The van der Waals surface area contributed by atoms with Gasteiger partial charge in [-0.15, -0.1) is 0 Å². The van der Waals surface area contributed by atoms with Crippen LogP contribution in [0.1, 0.15) is 30.2 Å². The molecule has 6 heteroatoms. The Labute approximate surface area is 176 Å². The van der Waals surface area contributed by atoms with Crippen LogP contribution in [0.3, 0.4) is 0 Å². The van der Waals surface area contributed by atoms with Crippen LogP contribution in [0.4, 0.5) is 0 Å². The number of carbonyl (C=O) groups excluding carboxylic acids is 1. The van der Waals surface area contributed by atoms with Crippen molar-refractivity contribution in [3.8, 4) is 5.82 Å². The van der Waals surface area contributed by atoms with Crippen molar-refractivity contribution in [1.82, 2.24) is 24.6 Å². The van der Waals surface area contributed by atoms with Gasteiger partial charge in [0.15, 0.2) is 11.5 Å². The Balaban J connectivity index is 1.51. The summed E-state index contributed by atoms with van der Waals surface area (Å²) in [6, 6.07) is 16.4. The first-order valence-corrected chi connectivity index (χ1v) is 10.3. The molecule has 0 aliphatic carbocycles. The molecule has 0 aliphatic rings. The number of pyridine rings is 1. The maximum Gasteiger partial charge on any atom is 0.242 e. The second-order valence-electron chi connectivity index (χ2n) is 7.84. The minimum Gasteiger partial charge on any atom is -0.352 e. The number of fused-ring (bicyclic) bond motifs is 1. The first-order valence-electron chi connectivity index (χ1n) is 10.3. The Morgan fingerprint density at radius 1 is 1.10 bits per heavy atom. The van der Waals surface area contributed by atoms with Crippen molar-refractivity contribution >= 4 is 16.9 Å². The summed E-state index contributed by atoms with van der Waals surface area (Å²) in [7, 11) is 0. The van der Waals surface area contributed by atoms with Crippen molar-refractivity contribution in [2.75, 3.05) is 0 Å². The molecule has 6 nitrogen and oxygen atoms in total. The molecule has 30 heavy (non-hydrogen) atoms. The lowest BCUT2D eigenvalue weighted by atomic mass is 10.1. The Morgan fingerprint density at radius 2 is 1.83 bits per heavy atom. The fraction of sp³-hybridized carbons (Fsp3) is 0.292. The molecule has 0 spiro atoms. The number of carbonyl (C=O) groups is 1. The van der Waals surface area contributed by atoms with E-state index in [4.69, 9.17) is 5.10 Å². The highest BCUT2D eigenvalue weighted by Gasteiger charge is 2.18. The van der Waals surface area contributed by atoms with E-state index < -0.39 is 0 Å². The summed E-state index contributed by atoms with van der Waals surface area (Å²) in [5.74, 6) is 0.741. The van der Waals surface area contributed by atoms with Gasteiger partial charge >= 0.3 is 0 Å². The van der Waals surface area contributed by atoms with Crippen LogP contribution in [-0.2, 0) is 17.8 Å². The van der Waals surface area contributed by atoms with Crippen LogP contribution >= 0.6 is 0 Å². The van der Waals surface area contributed by atoms with Crippen molar-refractivity contribution in [2.45, 2.75) is 46.2 Å². The molecule has 0 fully saturated rings. The summed E-state index contributed by atoms with van der Waals surface area (Å²) in [5.41, 5.74) is 4.03. The first-order chi connectivity index (χ1) is 14.5. The van der Waals surface area contributed by atoms with Crippen LogP contribution in [0.25, 0.3) is 16.9 Å². The lowest BCUT2D eigenvalue weighted by Gasteiger charge is -2.14. The molecule has 3 heterocycles. The third-order valence-corrected chi connectivity index (χ3v) is 5.27. The maximum absolute atomic E-state index is 12.7. The van der Waals surface area contributed by atoms with E-state index in [-0.39, 0.29) is 18.5 Å². The quantitative estimate of drug-likeness (QED) is 0.509. The van der Waals surface area contributed by atoms with Crippen molar-refractivity contribution in [1.29, 1.82) is 0 Å². The fourth-order valence-electron chi connectivity index (χ4n) is 3.82. The van der Waals surface area contributed by atoms with Gasteiger partial charge in [-0.25, -0.2) is 9.67 Å². The number of amides is 1. The van der Waals surface area contributed by atoms with Gasteiger partial charge < -0.3 is 9.88 Å². The van der Waals surface area contributed by atoms with Crippen LogP contribution in [0.5, 0.6) is 0 Å². The Bertz CT molecular complexity index is 1150. The summed E-state index contributed by atoms with van der Waals surface area (Å²) in [5, 5.41) is 8.81. The second-order valence-corrected chi connectivity index (χ2v) is 7.84. The molecular formula is C24H27N5O. The summed E-state index contributed by atoms with van der Waals surface area (Å²) < 4.78 is 3.67. The largest absolute Gasteiger partial charge is 0.352 e. The lowest BCUT2D eigenvalue weighted by molar-refractivity contribution is -0.122. The van der Waals surface area contributed by atoms with Crippen LogP contribution < -0.4 is 5.32 Å². The second kappa shape index (κ2) is 8.53. The van der Waals surface area contributed by atoms with E-state index in [1.807, 2.05) is 67.2 Å². The minimum absolute atomic E-state index is 0.0556. The van der Waals surface area contributed by atoms with E-state index in [9.17, 15) is 4.79 Å². The van der Waals surface area contributed by atoms with Crippen LogP contribution in [0.15, 0.2) is 60.9 Å². The molecule has 1 atom stereocenters. The lowest BCUT2D eigenvalue weighted by Crippen LogP contribution is -2.35. The van der Waals surface area contributed by atoms with Crippen molar-refractivity contribution in [3.05, 3.63) is 77.7 Å². The topological polar surface area (TPSA) is 64.7 Å². The third kappa shape index (κ3) is 4.27. The zero-order valence-corrected chi connectivity index (χ0v) is 17.7. The zero-order valence-electron chi connectivity index (χ0n) is 17.7. The molecule has 154 valence electrons. The standard InChI is InChI=1S/C24H27N5O/c1-17-15-19(3)26-23-22(17)24(28-13-7-8-14-28)27-29(23)16-21(30)25-18(2)11-12-20-9-5-4-6-10-20/h4-10,13-15,18H,11-12,16H2,1-3H3,(H,25,30). The van der Waals surface area contributed by atoms with Gasteiger partial charge in [-0.3, -0.25) is 4.79 Å². The number of hydrogen-bond donors (Lipinski definition) is 1. The van der Waals surface area contributed by atoms with Gasteiger partial charge in [0.25, 0.3) is 0 Å². The first kappa shape index (κ1) is 19.9. The monoisotopic (exact) mass is 401 g/mol. The average molecular weight is 402 g/mol. The summed E-state index contributed by atoms with van der Waals surface area (Å²) in [4.78, 5) is 17.4. The summed E-state index contributed by atoms with van der Waals surface area (Å²) in [6.07, 6.45) is 5.74. The SMILES string of the molecule is Cc1cc(C)c2c(-n3cccc3)nn(CC(=O)NC(C)CCc3ccccc3)c2n1. The molecule has 0 saturated heterocycles. The Hall–Kier alpha value is -3.41. The number of nitrogens with zero attached hydrogens (tertiary/aromatic N) is 4. The maximum atomic E-state index is 12.7. The van der Waals surface area contributed by atoms with Gasteiger partial charge in [-0.05, 0) is 62.9 Å². The van der Waals surface area contributed by atoms with E-state index in [0.717, 1.165) is 41.0 Å². The number of aromatic nitrogens is 4. The van der Waals surface area contributed by atoms with Crippen LogP contribution in [0.2, 0.25) is 0 Å². The molecule has 0 saturated carbocycles. The Kier molecular flexibility index (Phi) is 5.65. The van der Waals surface area contributed by atoms with Gasteiger partial charge in [-0.2, -0.15) is 5.10 Å². The van der Waals surface area contributed by atoms with Crippen molar-refractivity contribution in [3.63, 3.8) is 0 Å². The van der Waals surface area contributed by atoms with E-state index >= 15 is 0 Å². The molecule has 3 aromatic heterocycles. The molecule has 1 unspecified atom stereocenters. The Morgan fingerprint density at radius 3 is 2.57 bits per heavy atom. The molecule has 1 N–H and O–H groups in total. The van der Waals surface area contributed by atoms with Gasteiger partial charge in [-0.1, -0.05) is 30.3 Å². The highest BCUT2D eigenvalue weighted by atomic mass is 16.2. The summed E-state index contributed by atoms with van der Waals surface area (Å²) in [6.45, 7) is 6.20. The van der Waals surface area contributed by atoms with Gasteiger partial charge in [0.2, 0.25) is 5.91 Å². The number of benzene rings is 1. The predicted octanol–water partition coefficient (Wildman–Crippen LogP) is 3.98. The predicted molar refractivity (Wildman–Crippen MR) is 119 cm³/mol. The number of rotatable bonds is 7. The number of aryl methyl sites for hydroxylation is 3. The van der Waals surface area contributed by atoms with Crippen LogP contribution in [0, 0.1) is 13.8 Å². The molecule has 4 aromatic rings. The molecule has 4 rings (SSSR count). The van der Waals surface area contributed by atoms with E-state index in [1.165, 1.54) is 5.56 Å². The average Bonchev–Trinajstić information content (AvgIpc) is 3.36. The van der Waals surface area contributed by atoms with Gasteiger partial charge in [0.05, 0.1) is 5.39 Å². The summed E-state index contributed by atoms with van der Waals surface area (Å²) >= 11 is 0. The van der Waals surface area contributed by atoms with Crippen molar-refractivity contribution in [2.24, 2.45) is 0 Å². The molecule has 0 aliphatic heterocycles. The molecule has 0 radical (unpaired) electrons. The van der Waals surface area contributed by atoms with Gasteiger partial charge in [0.1, 0.15) is 6.54 Å². The van der Waals surface area contributed by atoms with E-state index in [0.29, 0.717) is 0 Å². The molecule has 1 amide bonds. The highest BCUT2D eigenvalue weighted by Crippen LogP contribution is 2.25. The molecule has 1 aromatic carbocycles. The number of hydrogen-bond acceptors (Lipinski definition) is 3. The number of nitrogens with one attached hydrogen (secondary N) is 1. The van der Waals surface area contributed by atoms with Crippen molar-refractivity contribution < 1.29 is 4.79 Å². The fourth-order valence-corrected chi connectivity index (χ4v) is 3.82. The smallest absolute Gasteiger partial charge is 0.242 e. The minimum atomic E-state index is -0.0556. The highest BCUT2D eigenvalue weighted by molar-refractivity contribution is 5.88. The zero-order chi connectivity index (χ0) is 21.1. The van der Waals surface area contributed by atoms with Crippen LogP contribution in [-0.4, -0.2) is 31.3 Å².